The van der Waals surface area contributed by atoms with Gasteiger partial charge in [-0.15, -0.1) is 0 Å². The molecule has 2 heteroatoms. The highest BCUT2D eigenvalue weighted by Gasteiger charge is 2.06. The molecule has 0 N–H and O–H groups in total. The van der Waals surface area contributed by atoms with Crippen molar-refractivity contribution in [2.45, 2.75) is 0 Å². The van der Waals surface area contributed by atoms with Gasteiger partial charge in [0.1, 0.15) is 0 Å². The molecule has 3 rings (SSSR count). The molecular formula is C15H11BrN+. The SMILES string of the molecule is Brc1ccc(-[n+]2ccc3ccccc3c2)cc1. The Morgan fingerprint density at radius 1 is 0.765 bits per heavy atom. The summed E-state index contributed by atoms with van der Waals surface area (Å²) in [4.78, 5) is 0. The fourth-order valence-electron chi connectivity index (χ4n) is 1.91. The lowest BCUT2D eigenvalue weighted by atomic mass is 10.2. The van der Waals surface area contributed by atoms with E-state index >= 15 is 0 Å². The molecule has 0 saturated heterocycles. The first kappa shape index (κ1) is 10.5. The minimum absolute atomic E-state index is 1.10. The lowest BCUT2D eigenvalue weighted by Crippen LogP contribution is -2.29. The molecule has 0 aliphatic rings. The van der Waals surface area contributed by atoms with Crippen LogP contribution in [0.15, 0.2) is 71.5 Å². The maximum atomic E-state index is 3.45. The monoisotopic (exact) mass is 284 g/mol. The van der Waals surface area contributed by atoms with Crippen LogP contribution in [0.25, 0.3) is 16.5 Å². The zero-order valence-electron chi connectivity index (χ0n) is 9.18. The van der Waals surface area contributed by atoms with E-state index in [1.54, 1.807) is 0 Å². The van der Waals surface area contributed by atoms with E-state index in [9.17, 15) is 0 Å². The van der Waals surface area contributed by atoms with Crippen molar-refractivity contribution in [3.63, 3.8) is 0 Å². The molecule has 2 aromatic carbocycles. The fourth-order valence-corrected chi connectivity index (χ4v) is 2.17. The standard InChI is InChI=1S/C15H11BrN/c16-14-5-7-15(8-6-14)17-10-9-12-3-1-2-4-13(12)11-17/h1-11H/q+1. The molecule has 3 aromatic rings. The van der Waals surface area contributed by atoms with E-state index in [4.69, 9.17) is 0 Å². The summed E-state index contributed by atoms with van der Waals surface area (Å²) >= 11 is 3.45. The molecule has 0 aliphatic carbocycles. The average molecular weight is 285 g/mol. The Kier molecular flexibility index (Phi) is 2.65. The molecule has 0 fully saturated rings. The third-order valence-corrected chi connectivity index (χ3v) is 3.34. The van der Waals surface area contributed by atoms with Gasteiger partial charge in [0.05, 0.1) is 0 Å². The highest BCUT2D eigenvalue weighted by Crippen LogP contribution is 2.13. The van der Waals surface area contributed by atoms with E-state index in [0.29, 0.717) is 0 Å². The third kappa shape index (κ3) is 2.08. The van der Waals surface area contributed by atoms with Crippen LogP contribution < -0.4 is 4.57 Å². The molecule has 0 unspecified atom stereocenters. The van der Waals surface area contributed by atoms with Gasteiger partial charge in [-0.1, -0.05) is 34.1 Å². The van der Waals surface area contributed by atoms with Crippen LogP contribution in [0.4, 0.5) is 0 Å². The summed E-state index contributed by atoms with van der Waals surface area (Å²) in [7, 11) is 0. The van der Waals surface area contributed by atoms with Crippen LogP contribution in [0.3, 0.4) is 0 Å². The lowest BCUT2D eigenvalue weighted by molar-refractivity contribution is -0.594. The summed E-state index contributed by atoms with van der Waals surface area (Å²) in [5.74, 6) is 0. The second-order valence-corrected chi connectivity index (χ2v) is 4.87. The zero-order chi connectivity index (χ0) is 11.7. The van der Waals surface area contributed by atoms with Gasteiger partial charge in [0, 0.05) is 28.1 Å². The molecule has 17 heavy (non-hydrogen) atoms. The first-order valence-corrected chi connectivity index (χ1v) is 6.28. The van der Waals surface area contributed by atoms with Gasteiger partial charge in [-0.3, -0.25) is 0 Å². The van der Waals surface area contributed by atoms with Gasteiger partial charge >= 0.3 is 0 Å². The van der Waals surface area contributed by atoms with Gasteiger partial charge < -0.3 is 0 Å². The highest BCUT2D eigenvalue weighted by molar-refractivity contribution is 9.10. The topological polar surface area (TPSA) is 3.88 Å². The van der Waals surface area contributed by atoms with E-state index in [0.717, 1.165) is 4.47 Å². The van der Waals surface area contributed by atoms with E-state index in [1.165, 1.54) is 16.5 Å². The van der Waals surface area contributed by atoms with Crippen LogP contribution >= 0.6 is 15.9 Å². The molecule has 82 valence electrons. The first-order chi connectivity index (χ1) is 8.33. The molecule has 0 aliphatic heterocycles. The number of hydrogen-bond acceptors (Lipinski definition) is 0. The van der Waals surface area contributed by atoms with Crippen molar-refractivity contribution in [3.05, 3.63) is 71.5 Å². The Bertz CT molecular complexity index is 659. The van der Waals surface area contributed by atoms with Crippen molar-refractivity contribution in [2.24, 2.45) is 0 Å². The van der Waals surface area contributed by atoms with Crippen LogP contribution in [-0.4, -0.2) is 0 Å². The predicted molar refractivity (Wildman–Crippen MR) is 73.2 cm³/mol. The van der Waals surface area contributed by atoms with Crippen molar-refractivity contribution >= 4 is 26.7 Å². The molecule has 1 aromatic heterocycles. The Morgan fingerprint density at radius 2 is 1.47 bits per heavy atom. The number of benzene rings is 2. The van der Waals surface area contributed by atoms with E-state index in [2.05, 4.69) is 87.5 Å². The number of nitrogens with zero attached hydrogens (tertiary/aromatic N) is 1. The van der Waals surface area contributed by atoms with E-state index < -0.39 is 0 Å². The van der Waals surface area contributed by atoms with Crippen LogP contribution in [0.2, 0.25) is 0 Å². The highest BCUT2D eigenvalue weighted by atomic mass is 79.9. The van der Waals surface area contributed by atoms with Gasteiger partial charge in [0.25, 0.3) is 0 Å². The summed E-state index contributed by atoms with van der Waals surface area (Å²) in [5.41, 5.74) is 1.17. The molecule has 0 bridgehead atoms. The Hall–Kier alpha value is -1.67. The minimum atomic E-state index is 1.10. The summed E-state index contributed by atoms with van der Waals surface area (Å²) < 4.78 is 3.23. The summed E-state index contributed by atoms with van der Waals surface area (Å²) in [6, 6.07) is 18.8. The maximum absolute atomic E-state index is 3.45. The molecule has 0 spiro atoms. The first-order valence-electron chi connectivity index (χ1n) is 5.49. The quantitative estimate of drug-likeness (QED) is 0.597. The van der Waals surface area contributed by atoms with Gasteiger partial charge in [0.15, 0.2) is 12.4 Å². The van der Waals surface area contributed by atoms with Crippen LogP contribution in [0, 0.1) is 0 Å². The fraction of sp³-hybridized carbons (Fsp3) is 0. The summed E-state index contributed by atoms with van der Waals surface area (Å²) in [6.07, 6.45) is 4.24. The molecular weight excluding hydrogens is 274 g/mol. The van der Waals surface area contributed by atoms with E-state index in [1.807, 2.05) is 0 Å². The smallest absolute Gasteiger partial charge is 0.167 e. The van der Waals surface area contributed by atoms with Crippen LogP contribution in [0.1, 0.15) is 0 Å². The third-order valence-electron chi connectivity index (χ3n) is 2.81. The molecule has 0 saturated carbocycles. The zero-order valence-corrected chi connectivity index (χ0v) is 10.8. The van der Waals surface area contributed by atoms with Crippen molar-refractivity contribution in [2.75, 3.05) is 0 Å². The number of fused-ring (bicyclic) bond motifs is 1. The number of hydrogen-bond donors (Lipinski definition) is 0. The van der Waals surface area contributed by atoms with Crippen molar-refractivity contribution < 1.29 is 4.57 Å². The average Bonchev–Trinajstić information content (AvgIpc) is 2.39. The van der Waals surface area contributed by atoms with Crippen molar-refractivity contribution in [3.8, 4) is 5.69 Å². The number of halogens is 1. The molecule has 1 nitrogen and oxygen atoms in total. The predicted octanol–water partition coefficient (Wildman–Crippen LogP) is 3.88. The Balaban J connectivity index is 2.14. The van der Waals surface area contributed by atoms with Crippen molar-refractivity contribution in [1.29, 1.82) is 0 Å². The van der Waals surface area contributed by atoms with Gasteiger partial charge in [-0.2, -0.15) is 4.57 Å². The number of rotatable bonds is 1. The lowest BCUT2D eigenvalue weighted by Gasteiger charge is -1.98. The van der Waals surface area contributed by atoms with Gasteiger partial charge in [0.2, 0.25) is 5.69 Å². The summed E-state index contributed by atoms with van der Waals surface area (Å²) in [5, 5.41) is 2.51. The molecule has 1 heterocycles. The van der Waals surface area contributed by atoms with Crippen LogP contribution in [-0.2, 0) is 0 Å². The molecule has 0 amide bonds. The minimum Gasteiger partial charge on any atom is -0.167 e. The Morgan fingerprint density at radius 3 is 2.24 bits per heavy atom. The van der Waals surface area contributed by atoms with E-state index in [-0.39, 0.29) is 0 Å². The Labute approximate surface area is 108 Å². The van der Waals surface area contributed by atoms with Gasteiger partial charge in [-0.25, -0.2) is 0 Å². The second-order valence-electron chi connectivity index (χ2n) is 3.96. The van der Waals surface area contributed by atoms with Crippen LogP contribution in [0.5, 0.6) is 0 Å². The summed E-state index contributed by atoms with van der Waals surface area (Å²) in [6.45, 7) is 0. The number of aromatic nitrogens is 1. The maximum Gasteiger partial charge on any atom is 0.210 e. The molecule has 0 atom stereocenters. The largest absolute Gasteiger partial charge is 0.210 e. The van der Waals surface area contributed by atoms with Gasteiger partial charge in [-0.05, 0) is 23.6 Å². The second kappa shape index (κ2) is 4.30. The molecule has 0 radical (unpaired) electrons. The normalized spacial score (nSPS) is 10.6. The van der Waals surface area contributed by atoms with Crippen molar-refractivity contribution in [1.82, 2.24) is 0 Å². The number of pyridine rings is 1.